The fourth-order valence-electron chi connectivity index (χ4n) is 2.55. The maximum absolute atomic E-state index is 12.1. The standard InChI is InChI=1S/C17H15NO2/c19-16(17(20)18-15-7-2-1-3-8-15)14-10-9-12-5-4-6-13(12)11-14/h1-3,7-11H,4-6H2,(H,18,20). The number of hydrogen-bond acceptors (Lipinski definition) is 2. The zero-order valence-electron chi connectivity index (χ0n) is 11.1. The van der Waals surface area contributed by atoms with Crippen LogP contribution in [0.4, 0.5) is 5.69 Å². The molecule has 0 spiro atoms. The number of amides is 1. The first kappa shape index (κ1) is 12.6. The number of anilines is 1. The summed E-state index contributed by atoms with van der Waals surface area (Å²) in [6, 6.07) is 14.6. The van der Waals surface area contributed by atoms with Crippen LogP contribution in [0, 0.1) is 0 Å². The highest BCUT2D eigenvalue weighted by Crippen LogP contribution is 2.23. The summed E-state index contributed by atoms with van der Waals surface area (Å²) in [4.78, 5) is 24.1. The highest BCUT2D eigenvalue weighted by atomic mass is 16.2. The van der Waals surface area contributed by atoms with Crippen LogP contribution in [-0.2, 0) is 17.6 Å². The molecule has 0 aromatic heterocycles. The third kappa shape index (κ3) is 2.48. The number of fused-ring (bicyclic) bond motifs is 1. The van der Waals surface area contributed by atoms with E-state index in [0.717, 1.165) is 19.3 Å². The SMILES string of the molecule is O=C(Nc1ccccc1)C(=O)c1ccc2c(c1)CCC2. The molecular weight excluding hydrogens is 250 g/mol. The van der Waals surface area contributed by atoms with Crippen molar-refractivity contribution in [1.29, 1.82) is 0 Å². The highest BCUT2D eigenvalue weighted by Gasteiger charge is 2.19. The van der Waals surface area contributed by atoms with Gasteiger partial charge in [0.1, 0.15) is 0 Å². The van der Waals surface area contributed by atoms with E-state index in [-0.39, 0.29) is 0 Å². The normalized spacial score (nSPS) is 12.8. The van der Waals surface area contributed by atoms with Gasteiger partial charge in [0.05, 0.1) is 0 Å². The Hall–Kier alpha value is -2.42. The minimum absolute atomic E-state index is 0.471. The number of para-hydroxylation sites is 1. The monoisotopic (exact) mass is 265 g/mol. The summed E-state index contributed by atoms with van der Waals surface area (Å²) in [7, 11) is 0. The predicted octanol–water partition coefficient (Wildman–Crippen LogP) is 3.00. The van der Waals surface area contributed by atoms with Crippen molar-refractivity contribution >= 4 is 17.4 Å². The van der Waals surface area contributed by atoms with Crippen molar-refractivity contribution in [1.82, 2.24) is 0 Å². The number of Topliss-reactive ketones (excluding diaryl/α,β-unsaturated/α-hetero) is 1. The Morgan fingerprint density at radius 2 is 1.65 bits per heavy atom. The Morgan fingerprint density at radius 1 is 0.900 bits per heavy atom. The first-order valence-electron chi connectivity index (χ1n) is 6.76. The van der Waals surface area contributed by atoms with Crippen molar-refractivity contribution in [2.24, 2.45) is 0 Å². The van der Waals surface area contributed by atoms with E-state index in [1.807, 2.05) is 30.3 Å². The fourth-order valence-corrected chi connectivity index (χ4v) is 2.55. The Kier molecular flexibility index (Phi) is 3.33. The number of hydrogen-bond donors (Lipinski definition) is 1. The van der Waals surface area contributed by atoms with E-state index in [2.05, 4.69) is 5.32 Å². The number of rotatable bonds is 3. The van der Waals surface area contributed by atoms with Gasteiger partial charge in [-0.3, -0.25) is 9.59 Å². The van der Waals surface area contributed by atoms with E-state index in [1.54, 1.807) is 18.2 Å². The van der Waals surface area contributed by atoms with Crippen LogP contribution in [0.2, 0.25) is 0 Å². The molecule has 3 nitrogen and oxygen atoms in total. The van der Waals surface area contributed by atoms with E-state index in [9.17, 15) is 9.59 Å². The van der Waals surface area contributed by atoms with Gasteiger partial charge in [0.25, 0.3) is 11.7 Å². The number of nitrogens with one attached hydrogen (secondary N) is 1. The number of ketones is 1. The molecule has 0 fully saturated rings. The van der Waals surface area contributed by atoms with Gasteiger partial charge >= 0.3 is 0 Å². The molecule has 0 saturated heterocycles. The molecule has 1 aliphatic carbocycles. The molecule has 0 atom stereocenters. The van der Waals surface area contributed by atoms with Crippen LogP contribution in [0.5, 0.6) is 0 Å². The van der Waals surface area contributed by atoms with E-state index in [4.69, 9.17) is 0 Å². The van der Waals surface area contributed by atoms with Gasteiger partial charge in [-0.2, -0.15) is 0 Å². The second kappa shape index (κ2) is 5.29. The predicted molar refractivity (Wildman–Crippen MR) is 77.9 cm³/mol. The molecule has 2 aromatic carbocycles. The summed E-state index contributed by atoms with van der Waals surface area (Å²) in [6.45, 7) is 0. The van der Waals surface area contributed by atoms with Gasteiger partial charge in [0.2, 0.25) is 0 Å². The third-order valence-corrected chi connectivity index (χ3v) is 3.60. The average molecular weight is 265 g/mol. The summed E-state index contributed by atoms with van der Waals surface area (Å²) in [6.07, 6.45) is 3.19. The van der Waals surface area contributed by atoms with Crippen LogP contribution in [0.3, 0.4) is 0 Å². The lowest BCUT2D eigenvalue weighted by Gasteiger charge is -2.06. The topological polar surface area (TPSA) is 46.2 Å². The van der Waals surface area contributed by atoms with Crippen LogP contribution in [-0.4, -0.2) is 11.7 Å². The van der Waals surface area contributed by atoms with Gasteiger partial charge in [-0.1, -0.05) is 30.3 Å². The molecule has 3 rings (SSSR count). The van der Waals surface area contributed by atoms with Crippen molar-refractivity contribution in [3.63, 3.8) is 0 Å². The largest absolute Gasteiger partial charge is 0.319 e. The maximum atomic E-state index is 12.1. The van der Waals surface area contributed by atoms with Crippen molar-refractivity contribution < 1.29 is 9.59 Å². The van der Waals surface area contributed by atoms with E-state index in [0.29, 0.717) is 11.3 Å². The van der Waals surface area contributed by atoms with Crippen LogP contribution in [0.15, 0.2) is 48.5 Å². The number of aryl methyl sites for hydroxylation is 2. The quantitative estimate of drug-likeness (QED) is 0.685. The molecule has 1 aliphatic rings. The van der Waals surface area contributed by atoms with Crippen molar-refractivity contribution in [3.8, 4) is 0 Å². The lowest BCUT2D eigenvalue weighted by Crippen LogP contribution is -2.22. The maximum Gasteiger partial charge on any atom is 0.296 e. The molecule has 1 amide bonds. The van der Waals surface area contributed by atoms with E-state index < -0.39 is 11.7 Å². The van der Waals surface area contributed by atoms with Gasteiger partial charge in [-0.25, -0.2) is 0 Å². The van der Waals surface area contributed by atoms with E-state index in [1.165, 1.54) is 11.1 Å². The summed E-state index contributed by atoms with van der Waals surface area (Å²) in [5.41, 5.74) is 3.60. The lowest BCUT2D eigenvalue weighted by atomic mass is 10.0. The Bertz CT molecular complexity index is 662. The molecule has 1 N–H and O–H groups in total. The summed E-state index contributed by atoms with van der Waals surface area (Å²) in [5.74, 6) is -1.07. The van der Waals surface area contributed by atoms with Crippen LogP contribution < -0.4 is 5.32 Å². The molecule has 0 unspecified atom stereocenters. The van der Waals surface area contributed by atoms with Gasteiger partial charge < -0.3 is 5.32 Å². The lowest BCUT2D eigenvalue weighted by molar-refractivity contribution is -0.112. The molecule has 2 aromatic rings. The molecule has 20 heavy (non-hydrogen) atoms. The minimum Gasteiger partial charge on any atom is -0.319 e. The van der Waals surface area contributed by atoms with Crippen molar-refractivity contribution in [2.45, 2.75) is 19.3 Å². The second-order valence-corrected chi connectivity index (χ2v) is 4.99. The van der Waals surface area contributed by atoms with Crippen LogP contribution >= 0.6 is 0 Å². The Balaban J connectivity index is 1.77. The number of carbonyl (C=O) groups excluding carboxylic acids is 2. The molecule has 100 valence electrons. The molecule has 0 bridgehead atoms. The highest BCUT2D eigenvalue weighted by molar-refractivity contribution is 6.46. The van der Waals surface area contributed by atoms with Crippen LogP contribution in [0.25, 0.3) is 0 Å². The fraction of sp³-hybridized carbons (Fsp3) is 0.176. The minimum atomic E-state index is -0.589. The van der Waals surface area contributed by atoms with E-state index >= 15 is 0 Å². The van der Waals surface area contributed by atoms with Gasteiger partial charge in [-0.05, 0) is 48.6 Å². The van der Waals surface area contributed by atoms with Crippen LogP contribution in [0.1, 0.15) is 27.9 Å². The molecule has 3 heteroatoms. The smallest absolute Gasteiger partial charge is 0.296 e. The zero-order chi connectivity index (χ0) is 13.9. The number of benzene rings is 2. The first-order valence-corrected chi connectivity index (χ1v) is 6.76. The van der Waals surface area contributed by atoms with Gasteiger partial charge in [-0.15, -0.1) is 0 Å². The Morgan fingerprint density at radius 3 is 2.45 bits per heavy atom. The first-order chi connectivity index (χ1) is 9.74. The van der Waals surface area contributed by atoms with Crippen molar-refractivity contribution in [3.05, 3.63) is 65.2 Å². The third-order valence-electron chi connectivity index (χ3n) is 3.60. The molecule has 0 heterocycles. The molecule has 0 radical (unpaired) electrons. The second-order valence-electron chi connectivity index (χ2n) is 4.99. The van der Waals surface area contributed by atoms with Crippen molar-refractivity contribution in [2.75, 3.05) is 5.32 Å². The molecular formula is C17H15NO2. The molecule has 0 saturated carbocycles. The Labute approximate surface area is 117 Å². The average Bonchev–Trinajstić information content (AvgIpc) is 2.94. The zero-order valence-corrected chi connectivity index (χ0v) is 11.1. The number of carbonyl (C=O) groups is 2. The summed E-state index contributed by atoms with van der Waals surface area (Å²) >= 11 is 0. The van der Waals surface area contributed by atoms with Gasteiger partial charge in [0, 0.05) is 11.3 Å². The molecule has 0 aliphatic heterocycles. The summed E-state index contributed by atoms with van der Waals surface area (Å²) in [5, 5.41) is 2.62. The van der Waals surface area contributed by atoms with Gasteiger partial charge in [0.15, 0.2) is 0 Å². The summed E-state index contributed by atoms with van der Waals surface area (Å²) < 4.78 is 0.